The van der Waals surface area contributed by atoms with Gasteiger partial charge in [-0.15, -0.1) is 0 Å². The smallest absolute Gasteiger partial charge is 0.262 e. The number of piperidine rings is 3. The Hall–Kier alpha value is -6.16. The molecule has 5 amide bonds. The molecule has 0 saturated carbocycles. The predicted molar refractivity (Wildman–Crippen MR) is 200 cm³/mol. The highest BCUT2D eigenvalue weighted by molar-refractivity contribution is 6.23. The summed E-state index contributed by atoms with van der Waals surface area (Å²) in [5.41, 5.74) is 3.69. The first-order chi connectivity index (χ1) is 26.7. The molecule has 55 heavy (non-hydrogen) atoms. The lowest BCUT2D eigenvalue weighted by molar-refractivity contribution is -0.136. The molecule has 3 fully saturated rings. The van der Waals surface area contributed by atoms with Crippen molar-refractivity contribution in [1.82, 2.24) is 39.5 Å². The minimum absolute atomic E-state index is 0.0926. The number of methoxy groups -OCH3 is 1. The number of hydrogen-bond donors (Lipinski definition) is 2. The highest BCUT2D eigenvalue weighted by Gasteiger charge is 2.45. The summed E-state index contributed by atoms with van der Waals surface area (Å²) in [6.45, 7) is 4.68. The highest BCUT2D eigenvalue weighted by Crippen LogP contribution is 2.35. The second kappa shape index (κ2) is 13.9. The minimum Gasteiger partial charge on any atom is -0.494 e. The van der Waals surface area contributed by atoms with E-state index < -0.39 is 29.7 Å². The predicted octanol–water partition coefficient (Wildman–Crippen LogP) is 3.29. The van der Waals surface area contributed by atoms with Gasteiger partial charge in [-0.25, -0.2) is 9.50 Å². The number of carbonyl (C=O) groups excluding carboxylic acids is 5. The molecule has 16 heteroatoms. The summed E-state index contributed by atoms with van der Waals surface area (Å²) < 4.78 is 9.24. The average Bonchev–Trinajstić information content (AvgIpc) is 3.89. The number of ether oxygens (including phenoxy) is 1. The van der Waals surface area contributed by atoms with Gasteiger partial charge in [0.1, 0.15) is 17.4 Å². The van der Waals surface area contributed by atoms with Gasteiger partial charge in [-0.3, -0.25) is 38.9 Å². The monoisotopic (exact) mass is 744 g/mol. The number of benzene rings is 2. The van der Waals surface area contributed by atoms with E-state index in [9.17, 15) is 24.0 Å². The Bertz CT molecular complexity index is 2370. The Morgan fingerprint density at radius 1 is 0.964 bits per heavy atom. The van der Waals surface area contributed by atoms with Crippen LogP contribution >= 0.6 is 0 Å². The number of nitrogens with zero attached hydrogens (tertiary/aromatic N) is 8. The zero-order valence-electron chi connectivity index (χ0n) is 30.3. The first-order valence-electron chi connectivity index (χ1n) is 18.7. The average molecular weight is 745 g/mol. The quantitative estimate of drug-likeness (QED) is 0.223. The highest BCUT2D eigenvalue weighted by atomic mass is 16.5. The van der Waals surface area contributed by atoms with E-state index in [2.05, 4.69) is 35.2 Å². The molecule has 4 aliphatic rings. The molecule has 2 N–H and O–H groups in total. The number of aromatic nitrogens is 5. The van der Waals surface area contributed by atoms with Gasteiger partial charge >= 0.3 is 0 Å². The zero-order chi connectivity index (χ0) is 37.8. The van der Waals surface area contributed by atoms with Crippen molar-refractivity contribution in [3.05, 3.63) is 77.9 Å². The fourth-order valence-electron chi connectivity index (χ4n) is 8.46. The Kier molecular flexibility index (Phi) is 8.76. The molecule has 16 nitrogen and oxygen atoms in total. The van der Waals surface area contributed by atoms with Crippen LogP contribution in [0.25, 0.3) is 16.6 Å². The van der Waals surface area contributed by atoms with Crippen LogP contribution < -0.4 is 20.3 Å². The molecule has 4 aliphatic heterocycles. The van der Waals surface area contributed by atoms with Crippen LogP contribution in [0.15, 0.2) is 61.2 Å². The summed E-state index contributed by atoms with van der Waals surface area (Å²) in [5.74, 6) is -1.22. The third kappa shape index (κ3) is 6.35. The Morgan fingerprint density at radius 3 is 2.55 bits per heavy atom. The summed E-state index contributed by atoms with van der Waals surface area (Å²) in [6.07, 6.45) is 11.1. The SMILES string of the molecule is COc1cc2nn(C3CCN(CC4CCN(c5ccc6c(c5)C(=O)N(C5CCC(=O)NC5=O)C6=O)CC4)CC3)cc2cc1NC(=O)c1cnn2cccnc12. The fourth-order valence-corrected chi connectivity index (χ4v) is 8.46. The van der Waals surface area contributed by atoms with Crippen LogP contribution in [-0.4, -0.2) is 110 Å². The fraction of sp³-hybridized carbons (Fsp3) is 0.385. The normalized spacial score (nSPS) is 20.1. The van der Waals surface area contributed by atoms with Crippen LogP contribution in [0, 0.1) is 5.92 Å². The van der Waals surface area contributed by atoms with E-state index in [1.807, 2.05) is 24.4 Å². The van der Waals surface area contributed by atoms with Gasteiger partial charge in [-0.05, 0) is 68.4 Å². The van der Waals surface area contributed by atoms with Crippen molar-refractivity contribution in [2.24, 2.45) is 5.92 Å². The van der Waals surface area contributed by atoms with Crippen molar-refractivity contribution in [2.75, 3.05) is 50.1 Å². The molecule has 3 aromatic heterocycles. The standard InChI is InChI=1S/C39H40N10O6/c1-55-33-19-30-24(17-31(33)42-36(51)29-20-41-47-12-2-11-40-35(29)47)22-48(44-30)25-9-13-45(14-10-25)21-23-7-15-46(16-8-23)26-3-4-27-28(18-26)39(54)49(38(27)53)32-5-6-34(50)43-37(32)52/h2-4,11-12,17-20,22-23,25,32H,5-10,13-16,21H2,1H3,(H,42,51)(H,43,50,52). The van der Waals surface area contributed by atoms with Gasteiger partial charge in [0.25, 0.3) is 17.7 Å². The van der Waals surface area contributed by atoms with Crippen molar-refractivity contribution in [3.8, 4) is 5.75 Å². The Labute approximate surface area is 315 Å². The molecule has 7 heterocycles. The number of rotatable bonds is 8. The number of likely N-dealkylation sites (tertiary alicyclic amines) is 1. The second-order valence-corrected chi connectivity index (χ2v) is 14.8. The molecule has 282 valence electrons. The van der Waals surface area contributed by atoms with Crippen molar-refractivity contribution < 1.29 is 28.7 Å². The zero-order valence-corrected chi connectivity index (χ0v) is 30.3. The van der Waals surface area contributed by atoms with Crippen molar-refractivity contribution in [1.29, 1.82) is 0 Å². The third-order valence-corrected chi connectivity index (χ3v) is 11.5. The summed E-state index contributed by atoms with van der Waals surface area (Å²) in [6, 6.07) is 10.1. The second-order valence-electron chi connectivity index (χ2n) is 14.8. The topological polar surface area (TPSA) is 176 Å². The number of anilines is 2. The molecule has 1 atom stereocenters. The van der Waals surface area contributed by atoms with Gasteiger partial charge in [-0.1, -0.05) is 0 Å². The largest absolute Gasteiger partial charge is 0.494 e. The van der Waals surface area contributed by atoms with Crippen molar-refractivity contribution >= 4 is 57.5 Å². The molecular weight excluding hydrogens is 704 g/mol. The van der Waals surface area contributed by atoms with Crippen LogP contribution in [0.2, 0.25) is 0 Å². The molecular formula is C39H40N10O6. The van der Waals surface area contributed by atoms with Gasteiger partial charge in [0, 0.05) is 74.9 Å². The maximum Gasteiger partial charge on any atom is 0.262 e. The molecule has 9 rings (SSSR count). The van der Waals surface area contributed by atoms with E-state index in [0.717, 1.165) is 79.9 Å². The Balaban J connectivity index is 0.785. The van der Waals surface area contributed by atoms with E-state index in [1.54, 1.807) is 42.2 Å². The van der Waals surface area contributed by atoms with Crippen LogP contribution in [0.4, 0.5) is 11.4 Å². The van der Waals surface area contributed by atoms with Gasteiger partial charge in [0.2, 0.25) is 11.8 Å². The molecule has 1 unspecified atom stereocenters. The van der Waals surface area contributed by atoms with E-state index in [-0.39, 0.29) is 24.8 Å². The van der Waals surface area contributed by atoms with Crippen LogP contribution in [-0.2, 0) is 9.59 Å². The van der Waals surface area contributed by atoms with E-state index in [0.29, 0.717) is 39.7 Å². The van der Waals surface area contributed by atoms with Gasteiger partial charge in [-0.2, -0.15) is 10.2 Å². The molecule has 0 spiro atoms. The number of hydrogen-bond acceptors (Lipinski definition) is 11. The lowest BCUT2D eigenvalue weighted by atomic mass is 9.94. The van der Waals surface area contributed by atoms with E-state index in [4.69, 9.17) is 9.84 Å². The van der Waals surface area contributed by atoms with Crippen molar-refractivity contribution in [3.63, 3.8) is 0 Å². The molecule has 0 aliphatic carbocycles. The third-order valence-electron chi connectivity index (χ3n) is 11.5. The Morgan fingerprint density at radius 2 is 1.76 bits per heavy atom. The number of amides is 5. The van der Waals surface area contributed by atoms with Crippen LogP contribution in [0.1, 0.15) is 75.6 Å². The minimum atomic E-state index is -0.971. The summed E-state index contributed by atoms with van der Waals surface area (Å²) in [7, 11) is 1.57. The first-order valence-corrected chi connectivity index (χ1v) is 18.7. The number of fused-ring (bicyclic) bond motifs is 3. The van der Waals surface area contributed by atoms with Gasteiger partial charge in [0.05, 0.1) is 41.7 Å². The van der Waals surface area contributed by atoms with Crippen LogP contribution in [0.5, 0.6) is 5.75 Å². The molecule has 3 saturated heterocycles. The molecule has 0 bridgehead atoms. The summed E-state index contributed by atoms with van der Waals surface area (Å²) in [4.78, 5) is 73.8. The summed E-state index contributed by atoms with van der Waals surface area (Å²) in [5, 5.41) is 15.2. The summed E-state index contributed by atoms with van der Waals surface area (Å²) >= 11 is 0. The molecule has 5 aromatic rings. The van der Waals surface area contributed by atoms with E-state index >= 15 is 0 Å². The lowest BCUT2D eigenvalue weighted by Gasteiger charge is -2.38. The number of carbonyl (C=O) groups is 5. The molecule has 0 radical (unpaired) electrons. The first kappa shape index (κ1) is 34.6. The maximum absolute atomic E-state index is 13.3. The number of imide groups is 2. The number of nitrogens with one attached hydrogen (secondary N) is 2. The van der Waals surface area contributed by atoms with Crippen LogP contribution in [0.3, 0.4) is 0 Å². The van der Waals surface area contributed by atoms with Gasteiger partial charge < -0.3 is 19.9 Å². The maximum atomic E-state index is 13.3. The van der Waals surface area contributed by atoms with Crippen molar-refractivity contribution in [2.45, 2.75) is 50.6 Å². The van der Waals surface area contributed by atoms with E-state index in [1.165, 1.54) is 6.20 Å². The van der Waals surface area contributed by atoms with Gasteiger partial charge in [0.15, 0.2) is 5.65 Å². The lowest BCUT2D eigenvalue weighted by Crippen LogP contribution is -2.54. The molecule has 2 aromatic carbocycles.